The van der Waals surface area contributed by atoms with Crippen LogP contribution in [-0.2, 0) is 0 Å². The molecule has 7 heavy (non-hydrogen) atoms. The van der Waals surface area contributed by atoms with Crippen LogP contribution in [0.15, 0.2) is 4.40 Å². The van der Waals surface area contributed by atoms with E-state index >= 15 is 0 Å². The Morgan fingerprint density at radius 1 is 1.57 bits per heavy atom. The van der Waals surface area contributed by atoms with Gasteiger partial charge in [0.15, 0.2) is 0 Å². The molecule has 0 aliphatic rings. The Morgan fingerprint density at radius 2 is 2.14 bits per heavy atom. The van der Waals surface area contributed by atoms with Crippen LogP contribution in [0, 0.1) is 0 Å². The van der Waals surface area contributed by atoms with Crippen LogP contribution in [0.25, 0.3) is 0 Å². The second kappa shape index (κ2) is 4.19. The zero-order valence-corrected chi connectivity index (χ0v) is 6.07. The molecular weight excluding hydrogens is 106 g/mol. The molecule has 0 N–H and O–H groups in total. The summed E-state index contributed by atoms with van der Waals surface area (Å²) in [6.07, 6.45) is 7.33. The van der Waals surface area contributed by atoms with Crippen molar-refractivity contribution in [3.8, 4) is 0 Å². The molecule has 0 saturated heterocycles. The van der Waals surface area contributed by atoms with Gasteiger partial charge < -0.3 is 0 Å². The van der Waals surface area contributed by atoms with Crippen molar-refractivity contribution in [3.05, 3.63) is 0 Å². The van der Waals surface area contributed by atoms with Crippen molar-refractivity contribution >= 4 is 17.3 Å². The van der Waals surface area contributed by atoms with E-state index in [9.17, 15) is 0 Å². The first-order valence-electron chi connectivity index (χ1n) is 2.47. The van der Waals surface area contributed by atoms with Gasteiger partial charge in [0.1, 0.15) is 0 Å². The first kappa shape index (κ1) is 7.02. The number of thiol groups is 1. The van der Waals surface area contributed by atoms with Crippen LogP contribution in [-0.4, -0.2) is 18.7 Å². The highest BCUT2D eigenvalue weighted by atomic mass is 32.2. The maximum absolute atomic E-state index is 4.18. The van der Waals surface area contributed by atoms with E-state index in [0.717, 1.165) is 6.42 Å². The molecular formula is C5H13NS. The van der Waals surface area contributed by atoms with Crippen LogP contribution in [0.2, 0.25) is 0 Å². The summed E-state index contributed by atoms with van der Waals surface area (Å²) in [5, 5.41) is 0. The first-order valence-corrected chi connectivity index (χ1v) is 4.66. The number of nitrogens with zero attached hydrogens (tertiary/aromatic N) is 1. The first-order chi connectivity index (χ1) is 3.27. The van der Waals surface area contributed by atoms with Crippen LogP contribution in [0.5, 0.6) is 0 Å². The van der Waals surface area contributed by atoms with Crippen LogP contribution in [0.3, 0.4) is 0 Å². The summed E-state index contributed by atoms with van der Waals surface area (Å²) in [5.41, 5.74) is 0. The second-order valence-electron chi connectivity index (χ2n) is 1.55. The van der Waals surface area contributed by atoms with Crippen LogP contribution in [0.1, 0.15) is 13.3 Å². The van der Waals surface area contributed by atoms with Crippen molar-refractivity contribution < 1.29 is 0 Å². The van der Waals surface area contributed by atoms with E-state index < -0.39 is 0 Å². The minimum atomic E-state index is -0.0369. The summed E-state index contributed by atoms with van der Waals surface area (Å²) in [5.74, 6) is 0. The van der Waals surface area contributed by atoms with E-state index in [1.165, 1.54) is 0 Å². The summed E-state index contributed by atoms with van der Waals surface area (Å²) in [6.45, 7) is 2.10. The smallest absolute Gasteiger partial charge is 0.0101 e. The van der Waals surface area contributed by atoms with Gasteiger partial charge in [0.25, 0.3) is 0 Å². The predicted molar refractivity (Wildman–Crippen MR) is 39.6 cm³/mol. The fourth-order valence-corrected chi connectivity index (χ4v) is 0.735. The lowest BCUT2D eigenvalue weighted by Gasteiger charge is -1.96. The minimum Gasteiger partial charge on any atom is -0.253 e. The van der Waals surface area contributed by atoms with E-state index in [2.05, 4.69) is 23.8 Å². The van der Waals surface area contributed by atoms with E-state index in [-0.39, 0.29) is 11.1 Å². The Balaban J connectivity index is 3.08. The van der Waals surface area contributed by atoms with Gasteiger partial charge in [-0.25, -0.2) is 0 Å². The Bertz CT molecular complexity index is 59.1. The molecule has 44 valence electrons. The van der Waals surface area contributed by atoms with Crippen molar-refractivity contribution in [3.63, 3.8) is 0 Å². The highest BCUT2D eigenvalue weighted by Gasteiger charge is 1.72. The largest absolute Gasteiger partial charge is 0.253 e. The Hall–Kier alpha value is 0.0200. The minimum absolute atomic E-state index is 0.0369. The van der Waals surface area contributed by atoms with E-state index in [4.69, 9.17) is 0 Å². The lowest BCUT2D eigenvalue weighted by Crippen LogP contribution is -1.67. The molecule has 0 spiro atoms. The third-order valence-electron chi connectivity index (χ3n) is 0.495. The van der Waals surface area contributed by atoms with Gasteiger partial charge in [0.2, 0.25) is 0 Å². The summed E-state index contributed by atoms with van der Waals surface area (Å²) >= 11 is -0.0369. The van der Waals surface area contributed by atoms with Gasteiger partial charge in [0.05, 0.1) is 0 Å². The van der Waals surface area contributed by atoms with E-state index in [0.29, 0.717) is 0 Å². The van der Waals surface area contributed by atoms with Gasteiger partial charge in [0, 0.05) is 6.21 Å². The van der Waals surface area contributed by atoms with Crippen molar-refractivity contribution in [1.29, 1.82) is 0 Å². The molecule has 0 atom stereocenters. The third-order valence-corrected chi connectivity index (χ3v) is 1.12. The topological polar surface area (TPSA) is 12.4 Å². The maximum atomic E-state index is 4.18. The molecule has 0 aromatic carbocycles. The summed E-state index contributed by atoms with van der Waals surface area (Å²) in [4.78, 5) is 0. The molecule has 0 aromatic rings. The molecule has 0 bridgehead atoms. The molecule has 0 aromatic heterocycles. The number of rotatable bonds is 2. The monoisotopic (exact) mass is 119 g/mol. The predicted octanol–water partition coefficient (Wildman–Crippen LogP) is 1.64. The molecule has 0 radical (unpaired) electrons. The Morgan fingerprint density at radius 3 is 2.29 bits per heavy atom. The molecule has 0 aliphatic carbocycles. The van der Waals surface area contributed by atoms with Gasteiger partial charge in [-0.15, -0.1) is 0 Å². The molecule has 1 nitrogen and oxygen atoms in total. The SMILES string of the molecule is CC/C=N\[SH](C)C. The lowest BCUT2D eigenvalue weighted by molar-refractivity contribution is 1.33. The molecule has 2 heteroatoms. The summed E-state index contributed by atoms with van der Waals surface area (Å²) < 4.78 is 4.18. The second-order valence-corrected chi connectivity index (χ2v) is 3.48. The maximum Gasteiger partial charge on any atom is 0.0101 e. The van der Waals surface area contributed by atoms with Gasteiger partial charge >= 0.3 is 0 Å². The highest BCUT2D eigenvalue weighted by Crippen LogP contribution is 2.12. The molecule has 0 aliphatic heterocycles. The standard InChI is InChI=1S/C5H13NS/c1-4-5-6-7(2)3/h5,7H,4H2,1-3H3/b6-5-. The normalized spacial score (nSPS) is 12.7. The fourth-order valence-electron chi connectivity index (χ4n) is 0.245. The molecule has 0 saturated carbocycles. The molecule has 0 unspecified atom stereocenters. The highest BCUT2D eigenvalue weighted by molar-refractivity contribution is 8.14. The van der Waals surface area contributed by atoms with Crippen molar-refractivity contribution in [2.45, 2.75) is 13.3 Å². The van der Waals surface area contributed by atoms with Gasteiger partial charge in [-0.3, -0.25) is 4.40 Å². The van der Waals surface area contributed by atoms with Gasteiger partial charge in [-0.1, -0.05) is 6.92 Å². The van der Waals surface area contributed by atoms with Crippen LogP contribution < -0.4 is 0 Å². The zero-order valence-electron chi connectivity index (χ0n) is 5.18. The quantitative estimate of drug-likeness (QED) is 0.419. The van der Waals surface area contributed by atoms with E-state index in [1.54, 1.807) is 0 Å². The average molecular weight is 119 g/mol. The lowest BCUT2D eigenvalue weighted by atomic mass is 10.6. The number of hydrogen-bond acceptors (Lipinski definition) is 1. The van der Waals surface area contributed by atoms with Crippen molar-refractivity contribution in [2.75, 3.05) is 12.5 Å². The molecule has 0 amide bonds. The average Bonchev–Trinajstić information content (AvgIpc) is 1.61. The molecule has 0 rings (SSSR count). The van der Waals surface area contributed by atoms with Crippen molar-refractivity contribution in [1.82, 2.24) is 0 Å². The zero-order chi connectivity index (χ0) is 5.70. The Kier molecular flexibility index (Phi) is 4.20. The summed E-state index contributed by atoms with van der Waals surface area (Å²) in [7, 11) is 0. The molecule has 0 heterocycles. The van der Waals surface area contributed by atoms with Crippen LogP contribution >= 0.6 is 11.1 Å². The van der Waals surface area contributed by atoms with Gasteiger partial charge in [-0.2, -0.15) is 11.1 Å². The van der Waals surface area contributed by atoms with Crippen molar-refractivity contribution in [2.24, 2.45) is 4.40 Å². The third kappa shape index (κ3) is 6.02. The van der Waals surface area contributed by atoms with E-state index in [1.807, 2.05) is 6.21 Å². The summed E-state index contributed by atoms with van der Waals surface area (Å²) in [6, 6.07) is 0. The Labute approximate surface area is 48.3 Å². The molecule has 0 fully saturated rings. The fraction of sp³-hybridized carbons (Fsp3) is 0.800. The van der Waals surface area contributed by atoms with Crippen LogP contribution in [0.4, 0.5) is 0 Å². The number of hydrogen-bond donors (Lipinski definition) is 1. The van der Waals surface area contributed by atoms with Gasteiger partial charge in [-0.05, 0) is 18.9 Å².